The number of anilines is 1. The maximum absolute atomic E-state index is 12.4. The standard InChI is InChI=1S/C25H19N3O2/c26-17-18-8-7-13-21(16-18)27-22(29)14-15-23-28-24(19-9-3-1-4-10-19)25(30-23)20-11-5-2-6-12-20/h1-13,16H,14-15H2,(H,27,29). The van der Waals surface area contributed by atoms with Crippen molar-refractivity contribution in [3.63, 3.8) is 0 Å². The Labute approximate surface area is 174 Å². The van der Waals surface area contributed by atoms with Gasteiger partial charge < -0.3 is 9.73 Å². The number of aromatic nitrogens is 1. The van der Waals surface area contributed by atoms with Gasteiger partial charge in [0, 0.05) is 29.7 Å². The summed E-state index contributed by atoms with van der Waals surface area (Å²) in [6.45, 7) is 0. The summed E-state index contributed by atoms with van der Waals surface area (Å²) in [4.78, 5) is 17.0. The highest BCUT2D eigenvalue weighted by molar-refractivity contribution is 5.91. The fourth-order valence-electron chi connectivity index (χ4n) is 3.16. The second-order valence-corrected chi connectivity index (χ2v) is 6.76. The third-order valence-electron chi connectivity index (χ3n) is 4.60. The zero-order valence-corrected chi connectivity index (χ0v) is 16.2. The van der Waals surface area contributed by atoms with Crippen LogP contribution in [0.1, 0.15) is 17.9 Å². The lowest BCUT2D eigenvalue weighted by Gasteiger charge is -2.04. The van der Waals surface area contributed by atoms with Gasteiger partial charge in [-0.15, -0.1) is 0 Å². The van der Waals surface area contributed by atoms with Crippen LogP contribution in [-0.4, -0.2) is 10.9 Å². The molecular weight excluding hydrogens is 374 g/mol. The number of carbonyl (C=O) groups is 1. The fourth-order valence-corrected chi connectivity index (χ4v) is 3.16. The number of hydrogen-bond donors (Lipinski definition) is 1. The molecule has 0 unspecified atom stereocenters. The van der Waals surface area contributed by atoms with Gasteiger partial charge in [0.05, 0.1) is 11.6 Å². The molecule has 0 aliphatic rings. The molecule has 0 saturated carbocycles. The van der Waals surface area contributed by atoms with E-state index in [1.165, 1.54) is 0 Å². The number of hydrogen-bond acceptors (Lipinski definition) is 4. The molecule has 5 nitrogen and oxygen atoms in total. The van der Waals surface area contributed by atoms with Crippen molar-refractivity contribution in [1.82, 2.24) is 4.98 Å². The van der Waals surface area contributed by atoms with Crippen LogP contribution in [0, 0.1) is 11.3 Å². The molecule has 3 aromatic carbocycles. The highest BCUT2D eigenvalue weighted by Gasteiger charge is 2.17. The third-order valence-corrected chi connectivity index (χ3v) is 4.60. The van der Waals surface area contributed by atoms with Gasteiger partial charge in [-0.25, -0.2) is 4.98 Å². The Morgan fingerprint density at radius 1 is 0.933 bits per heavy atom. The Balaban J connectivity index is 1.52. The lowest BCUT2D eigenvalue weighted by atomic mass is 10.1. The molecule has 0 fully saturated rings. The normalized spacial score (nSPS) is 10.4. The van der Waals surface area contributed by atoms with Crippen molar-refractivity contribution in [2.45, 2.75) is 12.8 Å². The first-order valence-electron chi connectivity index (χ1n) is 9.63. The molecule has 1 amide bonds. The first-order valence-corrected chi connectivity index (χ1v) is 9.63. The van der Waals surface area contributed by atoms with Crippen molar-refractivity contribution in [2.75, 3.05) is 5.32 Å². The Bertz CT molecular complexity index is 1140. The predicted octanol–water partition coefficient (Wildman–Crippen LogP) is 5.45. The van der Waals surface area contributed by atoms with Crippen molar-refractivity contribution in [3.05, 3.63) is 96.4 Å². The minimum atomic E-state index is -0.161. The van der Waals surface area contributed by atoms with Crippen LogP contribution in [0.15, 0.2) is 89.3 Å². The Morgan fingerprint density at radius 3 is 2.33 bits per heavy atom. The van der Waals surface area contributed by atoms with Crippen LogP contribution in [0.2, 0.25) is 0 Å². The molecular formula is C25H19N3O2. The summed E-state index contributed by atoms with van der Waals surface area (Å²) >= 11 is 0. The number of nitriles is 1. The van der Waals surface area contributed by atoms with Gasteiger partial charge in [0.2, 0.25) is 5.91 Å². The summed E-state index contributed by atoms with van der Waals surface area (Å²) in [7, 11) is 0. The minimum absolute atomic E-state index is 0.161. The summed E-state index contributed by atoms with van der Waals surface area (Å²) in [6, 6.07) is 28.6. The summed E-state index contributed by atoms with van der Waals surface area (Å²) in [6.07, 6.45) is 0.593. The molecule has 0 atom stereocenters. The summed E-state index contributed by atoms with van der Waals surface area (Å²) in [5.41, 5.74) is 3.76. The van der Waals surface area contributed by atoms with E-state index in [4.69, 9.17) is 9.68 Å². The molecule has 1 aromatic heterocycles. The number of carbonyl (C=O) groups excluding carboxylic acids is 1. The lowest BCUT2D eigenvalue weighted by molar-refractivity contribution is -0.116. The Morgan fingerprint density at radius 2 is 1.63 bits per heavy atom. The average Bonchev–Trinajstić information content (AvgIpc) is 3.23. The van der Waals surface area contributed by atoms with Crippen LogP contribution in [-0.2, 0) is 11.2 Å². The summed E-state index contributed by atoms with van der Waals surface area (Å²) < 4.78 is 6.06. The van der Waals surface area contributed by atoms with E-state index in [1.807, 2.05) is 60.7 Å². The molecule has 1 N–H and O–H groups in total. The molecule has 5 heteroatoms. The molecule has 1 heterocycles. The quantitative estimate of drug-likeness (QED) is 0.472. The number of aryl methyl sites for hydroxylation is 1. The topological polar surface area (TPSA) is 78.9 Å². The second kappa shape index (κ2) is 8.89. The minimum Gasteiger partial charge on any atom is -0.440 e. The van der Waals surface area contributed by atoms with Crippen LogP contribution in [0.4, 0.5) is 5.69 Å². The first-order chi connectivity index (χ1) is 14.7. The molecule has 0 spiro atoms. The van der Waals surface area contributed by atoms with Gasteiger partial charge in [0.25, 0.3) is 0 Å². The van der Waals surface area contributed by atoms with E-state index in [0.29, 0.717) is 29.3 Å². The maximum Gasteiger partial charge on any atom is 0.224 e. The van der Waals surface area contributed by atoms with Crippen molar-refractivity contribution in [2.24, 2.45) is 0 Å². The molecule has 0 aliphatic carbocycles. The van der Waals surface area contributed by atoms with Crippen LogP contribution < -0.4 is 5.32 Å². The predicted molar refractivity (Wildman–Crippen MR) is 115 cm³/mol. The zero-order valence-electron chi connectivity index (χ0n) is 16.2. The Kier molecular flexibility index (Phi) is 5.68. The number of amides is 1. The molecule has 0 saturated heterocycles. The number of nitrogens with one attached hydrogen (secondary N) is 1. The SMILES string of the molecule is N#Cc1cccc(NC(=O)CCc2nc(-c3ccccc3)c(-c3ccccc3)o2)c1. The fraction of sp³-hybridized carbons (Fsp3) is 0.0800. The smallest absolute Gasteiger partial charge is 0.224 e. The van der Waals surface area contributed by atoms with E-state index >= 15 is 0 Å². The van der Waals surface area contributed by atoms with Crippen LogP contribution in [0.5, 0.6) is 0 Å². The van der Waals surface area contributed by atoms with E-state index in [-0.39, 0.29) is 12.3 Å². The maximum atomic E-state index is 12.4. The highest BCUT2D eigenvalue weighted by atomic mass is 16.4. The molecule has 0 radical (unpaired) electrons. The number of benzene rings is 3. The zero-order chi connectivity index (χ0) is 20.8. The van der Waals surface area contributed by atoms with Gasteiger partial charge in [-0.2, -0.15) is 5.26 Å². The highest BCUT2D eigenvalue weighted by Crippen LogP contribution is 2.32. The third kappa shape index (κ3) is 4.45. The average molecular weight is 393 g/mol. The number of nitrogens with zero attached hydrogens (tertiary/aromatic N) is 2. The van der Waals surface area contributed by atoms with Gasteiger partial charge >= 0.3 is 0 Å². The molecule has 4 rings (SSSR count). The van der Waals surface area contributed by atoms with Gasteiger partial charge in [-0.1, -0.05) is 66.7 Å². The van der Waals surface area contributed by atoms with Crippen molar-refractivity contribution >= 4 is 11.6 Å². The van der Waals surface area contributed by atoms with Gasteiger partial charge in [-0.05, 0) is 18.2 Å². The molecule has 0 aliphatic heterocycles. The summed E-state index contributed by atoms with van der Waals surface area (Å²) in [5, 5.41) is 11.8. The number of rotatable bonds is 6. The van der Waals surface area contributed by atoms with Gasteiger partial charge in [-0.3, -0.25) is 4.79 Å². The van der Waals surface area contributed by atoms with Crippen LogP contribution in [0.3, 0.4) is 0 Å². The van der Waals surface area contributed by atoms with Crippen LogP contribution in [0.25, 0.3) is 22.6 Å². The van der Waals surface area contributed by atoms with Crippen molar-refractivity contribution in [1.29, 1.82) is 5.26 Å². The van der Waals surface area contributed by atoms with E-state index < -0.39 is 0 Å². The van der Waals surface area contributed by atoms with E-state index in [2.05, 4.69) is 16.4 Å². The Hall–Kier alpha value is -4.17. The lowest BCUT2D eigenvalue weighted by Crippen LogP contribution is -2.12. The van der Waals surface area contributed by atoms with Crippen molar-refractivity contribution < 1.29 is 9.21 Å². The van der Waals surface area contributed by atoms with Gasteiger partial charge in [0.1, 0.15) is 5.69 Å². The molecule has 0 bridgehead atoms. The summed E-state index contributed by atoms with van der Waals surface area (Å²) in [5.74, 6) is 1.04. The van der Waals surface area contributed by atoms with E-state index in [0.717, 1.165) is 16.8 Å². The largest absolute Gasteiger partial charge is 0.440 e. The molecule has 4 aromatic rings. The first kappa shape index (κ1) is 19.2. The van der Waals surface area contributed by atoms with Gasteiger partial charge in [0.15, 0.2) is 11.7 Å². The van der Waals surface area contributed by atoms with E-state index in [1.54, 1.807) is 24.3 Å². The van der Waals surface area contributed by atoms with Crippen LogP contribution >= 0.6 is 0 Å². The second-order valence-electron chi connectivity index (χ2n) is 6.76. The molecule has 30 heavy (non-hydrogen) atoms. The van der Waals surface area contributed by atoms with Crippen molar-refractivity contribution in [3.8, 4) is 28.7 Å². The monoisotopic (exact) mass is 393 g/mol. The molecule has 146 valence electrons. The van der Waals surface area contributed by atoms with E-state index in [9.17, 15) is 4.79 Å². The number of oxazole rings is 1.